The Bertz CT molecular complexity index is 1210. The number of aromatic amines is 1. The number of fused-ring (bicyclic) bond motifs is 1. The molecule has 0 saturated heterocycles. The van der Waals surface area contributed by atoms with E-state index >= 15 is 0 Å². The van der Waals surface area contributed by atoms with Crippen LogP contribution >= 0.6 is 11.6 Å². The van der Waals surface area contributed by atoms with Crippen LogP contribution in [0.5, 0.6) is 11.5 Å². The Morgan fingerprint density at radius 1 is 0.967 bits per heavy atom. The van der Waals surface area contributed by atoms with Crippen molar-refractivity contribution in [3.63, 3.8) is 0 Å². The average Bonchev–Trinajstić information content (AvgIpc) is 3.09. The van der Waals surface area contributed by atoms with Crippen LogP contribution in [0.25, 0.3) is 10.9 Å². The van der Waals surface area contributed by atoms with Crippen molar-refractivity contribution >= 4 is 34.3 Å². The zero-order valence-corrected chi connectivity index (χ0v) is 16.9. The number of esters is 1. The van der Waals surface area contributed by atoms with E-state index in [1.807, 2.05) is 30.3 Å². The van der Waals surface area contributed by atoms with E-state index in [-0.39, 0.29) is 17.2 Å². The van der Waals surface area contributed by atoms with E-state index in [0.717, 1.165) is 5.56 Å². The van der Waals surface area contributed by atoms with Gasteiger partial charge in [0, 0.05) is 22.9 Å². The molecule has 3 aromatic carbocycles. The normalized spacial score (nSPS) is 10.7. The standard InChI is InChI=1S/C24H18ClNO4/c1-15(27)30-24-20-12-9-18(25)13-21(20)26-22(24)23(28)17-7-10-19(11-8-17)29-14-16-5-3-2-4-6-16/h2-13,26H,14H2,1H3. The van der Waals surface area contributed by atoms with Crippen LogP contribution in [0.4, 0.5) is 0 Å². The smallest absolute Gasteiger partial charge is 0.308 e. The molecule has 0 spiro atoms. The highest BCUT2D eigenvalue weighted by atomic mass is 35.5. The van der Waals surface area contributed by atoms with Crippen LogP contribution < -0.4 is 9.47 Å². The number of rotatable bonds is 6. The molecular formula is C24H18ClNO4. The molecule has 0 atom stereocenters. The third kappa shape index (κ3) is 4.21. The molecule has 4 aromatic rings. The molecule has 0 saturated carbocycles. The number of hydrogen-bond donors (Lipinski definition) is 1. The summed E-state index contributed by atoms with van der Waals surface area (Å²) in [5.74, 6) is 0.0420. The summed E-state index contributed by atoms with van der Waals surface area (Å²) in [4.78, 5) is 27.7. The molecule has 0 amide bonds. The number of ether oxygens (including phenoxy) is 2. The summed E-state index contributed by atoms with van der Waals surface area (Å²) in [5, 5.41) is 1.12. The summed E-state index contributed by atoms with van der Waals surface area (Å²) >= 11 is 6.05. The van der Waals surface area contributed by atoms with Crippen molar-refractivity contribution < 1.29 is 19.1 Å². The molecule has 0 aliphatic heterocycles. The summed E-state index contributed by atoms with van der Waals surface area (Å²) in [6.45, 7) is 1.73. The summed E-state index contributed by atoms with van der Waals surface area (Å²) < 4.78 is 11.1. The van der Waals surface area contributed by atoms with E-state index < -0.39 is 5.97 Å². The van der Waals surface area contributed by atoms with Gasteiger partial charge in [-0.1, -0.05) is 41.9 Å². The summed E-state index contributed by atoms with van der Waals surface area (Å²) in [7, 11) is 0. The van der Waals surface area contributed by atoms with Gasteiger partial charge in [-0.05, 0) is 48.0 Å². The third-order valence-corrected chi connectivity index (χ3v) is 4.79. The lowest BCUT2D eigenvalue weighted by atomic mass is 10.1. The van der Waals surface area contributed by atoms with Crippen molar-refractivity contribution in [2.75, 3.05) is 0 Å². The highest BCUT2D eigenvalue weighted by Gasteiger charge is 2.22. The van der Waals surface area contributed by atoms with E-state index in [9.17, 15) is 9.59 Å². The third-order valence-electron chi connectivity index (χ3n) is 4.55. The molecule has 30 heavy (non-hydrogen) atoms. The van der Waals surface area contributed by atoms with Gasteiger partial charge in [-0.2, -0.15) is 0 Å². The Morgan fingerprint density at radius 3 is 2.40 bits per heavy atom. The molecule has 0 aliphatic rings. The first-order valence-corrected chi connectivity index (χ1v) is 9.70. The second-order valence-corrected chi connectivity index (χ2v) is 7.18. The van der Waals surface area contributed by atoms with Gasteiger partial charge in [-0.3, -0.25) is 9.59 Å². The number of halogens is 1. The Hall–Kier alpha value is -3.57. The van der Waals surface area contributed by atoms with Gasteiger partial charge in [0.15, 0.2) is 5.75 Å². The van der Waals surface area contributed by atoms with Gasteiger partial charge in [0.25, 0.3) is 0 Å². The molecule has 1 N–H and O–H groups in total. The number of aromatic nitrogens is 1. The Kier molecular flexibility index (Phi) is 5.55. The fourth-order valence-electron chi connectivity index (χ4n) is 3.14. The van der Waals surface area contributed by atoms with Crippen molar-refractivity contribution in [3.05, 3.63) is 94.6 Å². The molecule has 0 bridgehead atoms. The molecular weight excluding hydrogens is 402 g/mol. The zero-order valence-electron chi connectivity index (χ0n) is 16.1. The van der Waals surface area contributed by atoms with Crippen LogP contribution in [-0.4, -0.2) is 16.7 Å². The zero-order chi connectivity index (χ0) is 21.1. The first kappa shape index (κ1) is 19.7. The Morgan fingerprint density at radius 2 is 1.70 bits per heavy atom. The maximum absolute atomic E-state index is 13.1. The minimum atomic E-state index is -0.510. The van der Waals surface area contributed by atoms with Crippen LogP contribution in [0.3, 0.4) is 0 Å². The van der Waals surface area contributed by atoms with Gasteiger partial charge in [0.05, 0.1) is 5.52 Å². The van der Waals surface area contributed by atoms with Crippen LogP contribution in [0.2, 0.25) is 5.02 Å². The fraction of sp³-hybridized carbons (Fsp3) is 0.0833. The van der Waals surface area contributed by atoms with Gasteiger partial charge < -0.3 is 14.5 Å². The van der Waals surface area contributed by atoms with Crippen molar-refractivity contribution in [2.45, 2.75) is 13.5 Å². The molecule has 0 aliphatic carbocycles. The van der Waals surface area contributed by atoms with Crippen LogP contribution in [-0.2, 0) is 11.4 Å². The summed E-state index contributed by atoms with van der Waals surface area (Å²) in [6.07, 6.45) is 0. The van der Waals surface area contributed by atoms with Crippen molar-refractivity contribution in [1.29, 1.82) is 0 Å². The summed E-state index contributed by atoms with van der Waals surface area (Å²) in [6, 6.07) is 21.7. The van der Waals surface area contributed by atoms with Crippen LogP contribution in [0.1, 0.15) is 28.5 Å². The molecule has 5 nitrogen and oxygen atoms in total. The first-order chi connectivity index (χ1) is 14.5. The highest BCUT2D eigenvalue weighted by molar-refractivity contribution is 6.31. The predicted molar refractivity (Wildman–Crippen MR) is 115 cm³/mol. The monoisotopic (exact) mass is 419 g/mol. The molecule has 1 aromatic heterocycles. The maximum Gasteiger partial charge on any atom is 0.308 e. The number of carbonyl (C=O) groups is 2. The van der Waals surface area contributed by atoms with Crippen LogP contribution in [0.15, 0.2) is 72.8 Å². The Balaban J connectivity index is 1.59. The number of benzene rings is 3. The summed E-state index contributed by atoms with van der Waals surface area (Å²) in [5.41, 5.74) is 2.30. The minimum absolute atomic E-state index is 0.195. The number of carbonyl (C=O) groups excluding carboxylic acids is 2. The average molecular weight is 420 g/mol. The molecule has 150 valence electrons. The molecule has 1 heterocycles. The van der Waals surface area contributed by atoms with Crippen molar-refractivity contribution in [3.8, 4) is 11.5 Å². The highest BCUT2D eigenvalue weighted by Crippen LogP contribution is 2.33. The number of hydrogen-bond acceptors (Lipinski definition) is 4. The largest absolute Gasteiger partial charge is 0.489 e. The molecule has 4 rings (SSSR count). The van der Waals surface area contributed by atoms with Gasteiger partial charge in [-0.25, -0.2) is 0 Å². The lowest BCUT2D eigenvalue weighted by Gasteiger charge is -2.08. The van der Waals surface area contributed by atoms with E-state index in [2.05, 4.69) is 4.98 Å². The minimum Gasteiger partial charge on any atom is -0.489 e. The van der Waals surface area contributed by atoms with Gasteiger partial charge in [0.2, 0.25) is 5.78 Å². The Labute approximate surface area is 178 Å². The van der Waals surface area contributed by atoms with Gasteiger partial charge in [0.1, 0.15) is 18.1 Å². The van der Waals surface area contributed by atoms with E-state index in [1.165, 1.54) is 6.92 Å². The maximum atomic E-state index is 13.1. The van der Waals surface area contributed by atoms with E-state index in [4.69, 9.17) is 21.1 Å². The fourth-order valence-corrected chi connectivity index (χ4v) is 3.31. The van der Waals surface area contributed by atoms with Gasteiger partial charge in [-0.15, -0.1) is 0 Å². The quantitative estimate of drug-likeness (QED) is 0.328. The number of ketones is 1. The van der Waals surface area contributed by atoms with Crippen molar-refractivity contribution in [1.82, 2.24) is 4.98 Å². The number of H-pyrrole nitrogens is 1. The molecule has 0 fully saturated rings. The van der Waals surface area contributed by atoms with E-state index in [0.29, 0.717) is 33.8 Å². The first-order valence-electron chi connectivity index (χ1n) is 9.32. The predicted octanol–water partition coefficient (Wildman–Crippen LogP) is 5.56. The lowest BCUT2D eigenvalue weighted by Crippen LogP contribution is -2.08. The molecule has 0 radical (unpaired) electrons. The SMILES string of the molecule is CC(=O)Oc1c(C(=O)c2ccc(OCc3ccccc3)cc2)[nH]c2cc(Cl)ccc12. The lowest BCUT2D eigenvalue weighted by molar-refractivity contribution is -0.131. The van der Waals surface area contributed by atoms with Gasteiger partial charge >= 0.3 is 5.97 Å². The molecule has 0 unspecified atom stereocenters. The topological polar surface area (TPSA) is 68.4 Å². The number of nitrogens with one attached hydrogen (secondary N) is 1. The van der Waals surface area contributed by atoms with Crippen molar-refractivity contribution in [2.24, 2.45) is 0 Å². The van der Waals surface area contributed by atoms with Crippen LogP contribution in [0, 0.1) is 0 Å². The second-order valence-electron chi connectivity index (χ2n) is 6.74. The second kappa shape index (κ2) is 8.43. The molecule has 6 heteroatoms. The van der Waals surface area contributed by atoms with E-state index in [1.54, 1.807) is 42.5 Å².